The average Bonchev–Trinajstić information content (AvgIpc) is 2.77. The van der Waals surface area contributed by atoms with Crippen LogP contribution in [-0.2, 0) is 6.61 Å². The van der Waals surface area contributed by atoms with Gasteiger partial charge in [0.1, 0.15) is 12.4 Å². The predicted molar refractivity (Wildman–Crippen MR) is 110 cm³/mol. The highest BCUT2D eigenvalue weighted by atomic mass is 16.5. The van der Waals surface area contributed by atoms with Crippen LogP contribution in [0.1, 0.15) is 16.7 Å². The Bertz CT molecular complexity index is 987. The molecule has 0 aliphatic carbocycles. The Hall–Kier alpha value is -3.71. The van der Waals surface area contributed by atoms with Crippen molar-refractivity contribution in [2.45, 2.75) is 6.61 Å². The first-order chi connectivity index (χ1) is 13.7. The number of benzene rings is 3. The van der Waals surface area contributed by atoms with E-state index in [0.29, 0.717) is 23.7 Å². The molecule has 4 nitrogen and oxygen atoms in total. The molecule has 0 unspecified atom stereocenters. The van der Waals surface area contributed by atoms with Crippen LogP contribution in [0.3, 0.4) is 0 Å². The van der Waals surface area contributed by atoms with Crippen LogP contribution in [0, 0.1) is 11.3 Å². The van der Waals surface area contributed by atoms with Crippen molar-refractivity contribution in [1.82, 2.24) is 0 Å². The summed E-state index contributed by atoms with van der Waals surface area (Å²) in [5.41, 5.74) is 3.34. The number of rotatable bonds is 7. The maximum Gasteiger partial charge on any atom is 0.161 e. The van der Waals surface area contributed by atoms with E-state index in [4.69, 9.17) is 14.2 Å². The number of hydrogen-bond donors (Lipinski definition) is 0. The summed E-state index contributed by atoms with van der Waals surface area (Å²) in [6.45, 7) is 0.519. The molecule has 0 saturated carbocycles. The van der Waals surface area contributed by atoms with Gasteiger partial charge in [-0.3, -0.25) is 0 Å². The van der Waals surface area contributed by atoms with Gasteiger partial charge in [0.2, 0.25) is 0 Å². The highest BCUT2D eigenvalue weighted by Gasteiger charge is 2.08. The van der Waals surface area contributed by atoms with E-state index >= 15 is 0 Å². The lowest BCUT2D eigenvalue weighted by molar-refractivity contribution is 0.306. The third kappa shape index (κ3) is 4.72. The van der Waals surface area contributed by atoms with Crippen molar-refractivity contribution in [2.24, 2.45) is 0 Å². The summed E-state index contributed by atoms with van der Waals surface area (Å²) in [5.74, 6) is 2.00. The number of hydrogen-bond acceptors (Lipinski definition) is 4. The van der Waals surface area contributed by atoms with E-state index in [0.717, 1.165) is 22.4 Å². The topological polar surface area (TPSA) is 51.5 Å². The molecule has 0 spiro atoms. The zero-order valence-corrected chi connectivity index (χ0v) is 15.9. The van der Waals surface area contributed by atoms with Crippen molar-refractivity contribution in [3.8, 4) is 23.3 Å². The molecule has 0 N–H and O–H groups in total. The first-order valence-electron chi connectivity index (χ1n) is 8.84. The van der Waals surface area contributed by atoms with E-state index in [9.17, 15) is 5.26 Å². The summed E-state index contributed by atoms with van der Waals surface area (Å²) < 4.78 is 16.4. The Balaban J connectivity index is 1.75. The molecule has 4 heteroatoms. The van der Waals surface area contributed by atoms with Crippen molar-refractivity contribution in [2.75, 3.05) is 14.2 Å². The molecule has 3 rings (SSSR count). The predicted octanol–water partition coefficient (Wildman–Crippen LogP) is 5.35. The molecule has 0 amide bonds. The van der Waals surface area contributed by atoms with Gasteiger partial charge in [-0.2, -0.15) is 5.26 Å². The van der Waals surface area contributed by atoms with E-state index in [1.807, 2.05) is 66.7 Å². The molecule has 0 aliphatic rings. The minimum Gasteiger partial charge on any atom is -0.493 e. The Morgan fingerprint density at radius 2 is 1.61 bits per heavy atom. The van der Waals surface area contributed by atoms with Crippen LogP contribution in [0.2, 0.25) is 0 Å². The standard InChI is InChI=1S/C24H21NO3/c1-26-23-13-10-20(15-24(23)27-2)21(16-25)14-18-8-11-22(12-9-18)28-17-19-6-4-3-5-7-19/h3-15H,17H2,1-2H3/b21-14+. The van der Waals surface area contributed by atoms with E-state index in [2.05, 4.69) is 6.07 Å². The van der Waals surface area contributed by atoms with Crippen molar-refractivity contribution < 1.29 is 14.2 Å². The SMILES string of the molecule is COc1ccc(/C(C#N)=C/c2ccc(OCc3ccccc3)cc2)cc1OC. The highest BCUT2D eigenvalue weighted by Crippen LogP contribution is 2.31. The molecule has 0 bridgehead atoms. The van der Waals surface area contributed by atoms with Crippen molar-refractivity contribution in [3.05, 3.63) is 89.5 Å². The second-order valence-electron chi connectivity index (χ2n) is 6.08. The van der Waals surface area contributed by atoms with Gasteiger partial charge in [-0.05, 0) is 53.1 Å². The van der Waals surface area contributed by atoms with Crippen LogP contribution in [0.15, 0.2) is 72.8 Å². The van der Waals surface area contributed by atoms with Gasteiger partial charge in [0, 0.05) is 0 Å². The van der Waals surface area contributed by atoms with Crippen LogP contribution in [0.5, 0.6) is 17.2 Å². The van der Waals surface area contributed by atoms with E-state index < -0.39 is 0 Å². The largest absolute Gasteiger partial charge is 0.493 e. The normalized spacial score (nSPS) is 10.8. The van der Waals surface area contributed by atoms with Gasteiger partial charge < -0.3 is 14.2 Å². The second kappa shape index (κ2) is 9.29. The molecular formula is C24H21NO3. The monoisotopic (exact) mass is 371 g/mol. The van der Waals surface area contributed by atoms with Crippen molar-refractivity contribution in [3.63, 3.8) is 0 Å². The molecule has 28 heavy (non-hydrogen) atoms. The highest BCUT2D eigenvalue weighted by molar-refractivity contribution is 5.90. The molecule has 0 aliphatic heterocycles. The van der Waals surface area contributed by atoms with Gasteiger partial charge in [-0.15, -0.1) is 0 Å². The van der Waals surface area contributed by atoms with Crippen LogP contribution in [0.25, 0.3) is 11.6 Å². The van der Waals surface area contributed by atoms with Crippen LogP contribution < -0.4 is 14.2 Å². The molecule has 0 radical (unpaired) electrons. The molecule has 0 aromatic heterocycles. The number of nitrogens with zero attached hydrogens (tertiary/aromatic N) is 1. The summed E-state index contributed by atoms with van der Waals surface area (Å²) in [5, 5.41) is 9.58. The molecule has 3 aromatic carbocycles. The average molecular weight is 371 g/mol. The summed E-state index contributed by atoms with van der Waals surface area (Å²) in [4.78, 5) is 0. The van der Waals surface area contributed by atoms with E-state index in [1.54, 1.807) is 26.4 Å². The van der Waals surface area contributed by atoms with E-state index in [1.165, 1.54) is 0 Å². The molecule has 0 heterocycles. The number of ether oxygens (including phenoxy) is 3. The lowest BCUT2D eigenvalue weighted by Gasteiger charge is -2.09. The summed E-state index contributed by atoms with van der Waals surface area (Å²) in [7, 11) is 3.16. The van der Waals surface area contributed by atoms with Gasteiger partial charge in [0.05, 0.1) is 25.9 Å². The Kier molecular flexibility index (Phi) is 6.33. The second-order valence-corrected chi connectivity index (χ2v) is 6.08. The smallest absolute Gasteiger partial charge is 0.161 e. The summed E-state index contributed by atoms with van der Waals surface area (Å²) in [6, 6.07) is 25.4. The molecular weight excluding hydrogens is 350 g/mol. The quantitative estimate of drug-likeness (QED) is 0.415. The first kappa shape index (κ1) is 19.1. The van der Waals surface area contributed by atoms with Gasteiger partial charge in [-0.1, -0.05) is 42.5 Å². The van der Waals surface area contributed by atoms with Crippen LogP contribution >= 0.6 is 0 Å². The lowest BCUT2D eigenvalue weighted by atomic mass is 10.0. The van der Waals surface area contributed by atoms with Crippen molar-refractivity contribution >= 4 is 11.6 Å². The Morgan fingerprint density at radius 3 is 2.25 bits per heavy atom. The molecule has 0 atom stereocenters. The fourth-order valence-corrected chi connectivity index (χ4v) is 2.75. The van der Waals surface area contributed by atoms with Gasteiger partial charge in [0.15, 0.2) is 11.5 Å². The number of methoxy groups -OCH3 is 2. The van der Waals surface area contributed by atoms with E-state index in [-0.39, 0.29) is 0 Å². The minimum atomic E-state index is 0.519. The summed E-state index contributed by atoms with van der Waals surface area (Å²) in [6.07, 6.45) is 1.84. The lowest BCUT2D eigenvalue weighted by Crippen LogP contribution is -1.94. The fourth-order valence-electron chi connectivity index (χ4n) is 2.75. The Labute approximate surface area is 165 Å². The van der Waals surface area contributed by atoms with Gasteiger partial charge in [0.25, 0.3) is 0 Å². The summed E-state index contributed by atoms with van der Waals surface area (Å²) >= 11 is 0. The fraction of sp³-hybridized carbons (Fsp3) is 0.125. The number of nitriles is 1. The molecule has 3 aromatic rings. The van der Waals surface area contributed by atoms with Gasteiger partial charge >= 0.3 is 0 Å². The molecule has 140 valence electrons. The third-order valence-electron chi connectivity index (χ3n) is 4.25. The van der Waals surface area contributed by atoms with Gasteiger partial charge in [-0.25, -0.2) is 0 Å². The Morgan fingerprint density at radius 1 is 0.893 bits per heavy atom. The van der Waals surface area contributed by atoms with Crippen LogP contribution in [-0.4, -0.2) is 14.2 Å². The first-order valence-corrected chi connectivity index (χ1v) is 8.84. The minimum absolute atomic E-state index is 0.519. The zero-order valence-electron chi connectivity index (χ0n) is 15.9. The molecule has 0 fully saturated rings. The van der Waals surface area contributed by atoms with Crippen molar-refractivity contribution in [1.29, 1.82) is 5.26 Å². The third-order valence-corrected chi connectivity index (χ3v) is 4.25. The maximum absolute atomic E-state index is 9.58. The van der Waals surface area contributed by atoms with Crippen LogP contribution in [0.4, 0.5) is 0 Å². The molecule has 0 saturated heterocycles. The zero-order chi connectivity index (χ0) is 19.8. The number of allylic oxidation sites excluding steroid dienone is 1. The maximum atomic E-state index is 9.58.